The zero-order valence-corrected chi connectivity index (χ0v) is 26.2. The number of hydrogen-bond acceptors (Lipinski definition) is 10. The van der Waals surface area contributed by atoms with Crippen LogP contribution in [0.15, 0.2) is 54.1 Å². The van der Waals surface area contributed by atoms with Gasteiger partial charge in [0, 0.05) is 41.5 Å². The van der Waals surface area contributed by atoms with Gasteiger partial charge in [-0.15, -0.1) is 0 Å². The highest BCUT2D eigenvalue weighted by Crippen LogP contribution is 2.54. The van der Waals surface area contributed by atoms with Gasteiger partial charge >= 0.3 is 5.97 Å². The van der Waals surface area contributed by atoms with E-state index in [9.17, 15) is 14.7 Å². The van der Waals surface area contributed by atoms with E-state index in [2.05, 4.69) is 0 Å². The third-order valence-corrected chi connectivity index (χ3v) is 8.05. The second-order valence-corrected chi connectivity index (χ2v) is 10.3. The van der Waals surface area contributed by atoms with Crippen LogP contribution in [0.2, 0.25) is 0 Å². The molecule has 0 bridgehead atoms. The lowest BCUT2D eigenvalue weighted by molar-refractivity contribution is 0.0592. The molecule has 0 heterocycles. The number of allylic oxidation sites excluding steroid dienone is 2. The highest BCUT2D eigenvalue weighted by atomic mass is 16.5. The van der Waals surface area contributed by atoms with Gasteiger partial charge in [-0.3, -0.25) is 4.79 Å². The third kappa shape index (κ3) is 5.84. The number of carbonyl (C=O) groups is 2. The molecule has 44 heavy (non-hydrogen) atoms. The lowest BCUT2D eigenvalue weighted by atomic mass is 9.65. The molecule has 1 N–H and O–H groups in total. The van der Waals surface area contributed by atoms with E-state index in [0.717, 1.165) is 11.1 Å². The van der Waals surface area contributed by atoms with Crippen molar-refractivity contribution >= 4 is 11.8 Å². The number of hydrogen-bond donors (Lipinski definition) is 1. The van der Waals surface area contributed by atoms with E-state index < -0.39 is 23.7 Å². The van der Waals surface area contributed by atoms with E-state index in [1.165, 1.54) is 41.6 Å². The third-order valence-electron chi connectivity index (χ3n) is 8.05. The smallest absolute Gasteiger partial charge is 0.345 e. The van der Waals surface area contributed by atoms with Crippen LogP contribution in [0.3, 0.4) is 0 Å². The minimum absolute atomic E-state index is 0.0574. The van der Waals surface area contributed by atoms with Crippen molar-refractivity contribution in [1.82, 2.24) is 0 Å². The minimum atomic E-state index is -0.818. The highest BCUT2D eigenvalue weighted by Gasteiger charge is 2.44. The van der Waals surface area contributed by atoms with Crippen LogP contribution in [0.25, 0.3) is 0 Å². The van der Waals surface area contributed by atoms with Crippen molar-refractivity contribution in [3.63, 3.8) is 0 Å². The van der Waals surface area contributed by atoms with Crippen LogP contribution in [0.1, 0.15) is 57.0 Å². The molecule has 0 fully saturated rings. The zero-order chi connectivity index (χ0) is 32.1. The molecular weight excluding hydrogens is 568 g/mol. The van der Waals surface area contributed by atoms with E-state index >= 15 is 0 Å². The molecule has 4 rings (SSSR count). The van der Waals surface area contributed by atoms with Crippen LogP contribution in [0.4, 0.5) is 0 Å². The Morgan fingerprint density at radius 2 is 1.39 bits per heavy atom. The average Bonchev–Trinajstić information content (AvgIpc) is 3.05. The van der Waals surface area contributed by atoms with Gasteiger partial charge in [0.25, 0.3) is 0 Å². The summed E-state index contributed by atoms with van der Waals surface area (Å²) in [5, 5.41) is 11.0. The Balaban J connectivity index is 2.07. The molecule has 0 saturated carbocycles. The van der Waals surface area contributed by atoms with Gasteiger partial charge in [-0.1, -0.05) is 17.7 Å². The van der Waals surface area contributed by atoms with Gasteiger partial charge in [0.1, 0.15) is 45.8 Å². The number of ether oxygens (including phenoxy) is 7. The molecular formula is C34H38O10. The summed E-state index contributed by atoms with van der Waals surface area (Å²) in [6.45, 7) is 1.98. The van der Waals surface area contributed by atoms with Crippen molar-refractivity contribution in [2.75, 3.05) is 49.8 Å². The van der Waals surface area contributed by atoms with Crippen molar-refractivity contribution in [2.45, 2.75) is 25.2 Å². The SMILES string of the molecule is COC(=O)c1c(OC)cc(OC)c([C@H]2C=C(C)C[C@H](c3ccc(OC)cc3OC)[C@H]2C(=O)c2ccc(OC)cc2O)c1OC. The summed E-state index contributed by atoms with van der Waals surface area (Å²) in [7, 11) is 10.2. The number of benzene rings is 3. The molecule has 3 aromatic rings. The van der Waals surface area contributed by atoms with E-state index in [1.807, 2.05) is 25.1 Å². The van der Waals surface area contributed by atoms with Crippen LogP contribution in [-0.2, 0) is 4.74 Å². The van der Waals surface area contributed by atoms with E-state index in [0.29, 0.717) is 35.0 Å². The zero-order valence-electron chi connectivity index (χ0n) is 26.2. The largest absolute Gasteiger partial charge is 0.507 e. The second-order valence-electron chi connectivity index (χ2n) is 10.3. The Hall–Kier alpha value is -4.86. The molecule has 0 aromatic heterocycles. The number of Topliss-reactive ketones (excluding diaryl/α,β-unsaturated/α-hetero) is 1. The number of methoxy groups -OCH3 is 7. The lowest BCUT2D eigenvalue weighted by Gasteiger charge is -2.38. The topological polar surface area (TPSA) is 119 Å². The Bertz CT molecular complexity index is 1570. The molecule has 0 saturated heterocycles. The molecule has 0 amide bonds. The predicted octanol–water partition coefficient (Wildman–Crippen LogP) is 5.95. The molecule has 1 aliphatic carbocycles. The minimum Gasteiger partial charge on any atom is -0.507 e. The van der Waals surface area contributed by atoms with Gasteiger partial charge in [0.05, 0.1) is 55.3 Å². The van der Waals surface area contributed by atoms with Crippen molar-refractivity contribution in [3.8, 4) is 40.2 Å². The molecule has 3 aromatic carbocycles. The maximum atomic E-state index is 14.7. The highest BCUT2D eigenvalue weighted by molar-refractivity contribution is 6.02. The first-order valence-corrected chi connectivity index (χ1v) is 13.9. The van der Waals surface area contributed by atoms with Crippen molar-refractivity contribution in [3.05, 3.63) is 76.4 Å². The first kappa shape index (κ1) is 32.1. The van der Waals surface area contributed by atoms with E-state index in [1.54, 1.807) is 38.5 Å². The summed E-state index contributed by atoms with van der Waals surface area (Å²) in [6.07, 6.45) is 2.49. The van der Waals surface area contributed by atoms with Gasteiger partial charge < -0.3 is 38.3 Å². The Morgan fingerprint density at radius 1 is 0.750 bits per heavy atom. The first-order valence-electron chi connectivity index (χ1n) is 13.9. The number of aromatic hydroxyl groups is 1. The van der Waals surface area contributed by atoms with Gasteiger partial charge in [-0.2, -0.15) is 0 Å². The Morgan fingerprint density at radius 3 is 1.95 bits per heavy atom. The maximum absolute atomic E-state index is 14.7. The molecule has 0 unspecified atom stereocenters. The average molecular weight is 607 g/mol. The first-order chi connectivity index (χ1) is 21.2. The normalized spacial score (nSPS) is 17.6. The number of phenols is 1. The summed E-state index contributed by atoms with van der Waals surface area (Å²) in [5.41, 5.74) is 2.39. The summed E-state index contributed by atoms with van der Waals surface area (Å²) in [4.78, 5) is 27.8. The van der Waals surface area contributed by atoms with Crippen LogP contribution < -0.4 is 28.4 Å². The van der Waals surface area contributed by atoms with Crippen molar-refractivity contribution in [1.29, 1.82) is 0 Å². The molecule has 234 valence electrons. The fourth-order valence-electron chi connectivity index (χ4n) is 6.05. The molecule has 3 atom stereocenters. The van der Waals surface area contributed by atoms with Gasteiger partial charge in [0.15, 0.2) is 5.78 Å². The van der Waals surface area contributed by atoms with E-state index in [4.69, 9.17) is 33.2 Å². The van der Waals surface area contributed by atoms with Gasteiger partial charge in [-0.25, -0.2) is 4.79 Å². The lowest BCUT2D eigenvalue weighted by Crippen LogP contribution is -2.32. The van der Waals surface area contributed by atoms with Crippen LogP contribution >= 0.6 is 0 Å². The molecule has 10 heteroatoms. The Labute approximate surface area is 257 Å². The molecule has 10 nitrogen and oxygen atoms in total. The van der Waals surface area contributed by atoms with Crippen molar-refractivity contribution in [2.24, 2.45) is 5.92 Å². The number of carbonyl (C=O) groups excluding carboxylic acids is 2. The summed E-state index contributed by atoms with van der Waals surface area (Å²) >= 11 is 0. The predicted molar refractivity (Wildman–Crippen MR) is 163 cm³/mol. The number of ketones is 1. The number of phenolic OH excluding ortho intramolecular Hbond substituents is 1. The summed E-state index contributed by atoms with van der Waals surface area (Å²) < 4.78 is 38.8. The second kappa shape index (κ2) is 13.6. The van der Waals surface area contributed by atoms with Crippen LogP contribution in [0.5, 0.6) is 40.2 Å². The van der Waals surface area contributed by atoms with Crippen molar-refractivity contribution < 1.29 is 47.9 Å². The molecule has 0 radical (unpaired) electrons. The summed E-state index contributed by atoms with van der Waals surface area (Å²) in [6, 6.07) is 11.6. The monoisotopic (exact) mass is 606 g/mol. The fraction of sp³-hybridized carbons (Fsp3) is 0.353. The number of rotatable bonds is 11. The molecule has 0 spiro atoms. The molecule has 1 aliphatic rings. The quantitative estimate of drug-likeness (QED) is 0.159. The van der Waals surface area contributed by atoms with Gasteiger partial charge in [-0.05, 0) is 37.1 Å². The fourth-order valence-corrected chi connectivity index (χ4v) is 6.05. The van der Waals surface area contributed by atoms with Crippen LogP contribution in [-0.4, -0.2) is 66.6 Å². The van der Waals surface area contributed by atoms with E-state index in [-0.39, 0.29) is 34.2 Å². The summed E-state index contributed by atoms with van der Waals surface area (Å²) in [5.74, 6) is -0.924. The molecule has 0 aliphatic heterocycles. The maximum Gasteiger partial charge on any atom is 0.345 e. The van der Waals surface area contributed by atoms with Gasteiger partial charge in [0.2, 0.25) is 0 Å². The van der Waals surface area contributed by atoms with Crippen LogP contribution in [0, 0.1) is 5.92 Å². The standard InChI is InChI=1S/C34H38O10/c1-18-13-23(21-11-9-20(39-3)16-26(21)40-4)29(32(36)22-12-10-19(38-2)15-25(22)35)24(14-18)30-27(41-5)17-28(42-6)31(33(30)43-7)34(37)44-8/h9-12,14-17,23-24,29,35H,13H2,1-8H3/t23-,24+,29-/m1/s1. The Kier molecular flexibility index (Phi) is 9.93. The number of esters is 1.